The molecule has 3 rings (SSSR count). The van der Waals surface area contributed by atoms with Gasteiger partial charge in [-0.15, -0.1) is 0 Å². The third kappa shape index (κ3) is 2.62. The van der Waals surface area contributed by atoms with Gasteiger partial charge in [0, 0.05) is 24.5 Å². The van der Waals surface area contributed by atoms with Crippen LogP contribution in [0.2, 0.25) is 0 Å². The molecule has 3 aromatic rings. The number of para-hydroxylation sites is 1. The molecule has 0 unspecified atom stereocenters. The highest BCUT2D eigenvalue weighted by Crippen LogP contribution is 2.23. The number of pyridine rings is 1. The Balaban J connectivity index is 1.75. The molecule has 2 heterocycles. The first-order valence-corrected chi connectivity index (χ1v) is 6.39. The van der Waals surface area contributed by atoms with E-state index in [1.807, 2.05) is 30.3 Å². The number of fused-ring (bicyclic) bond motifs is 1. The Kier molecular flexibility index (Phi) is 3.60. The molecule has 0 aliphatic carbocycles. The zero-order chi connectivity index (χ0) is 13.8. The highest BCUT2D eigenvalue weighted by molar-refractivity contribution is 5.84. The van der Waals surface area contributed by atoms with Crippen molar-refractivity contribution in [1.82, 2.24) is 15.5 Å². The van der Waals surface area contributed by atoms with Gasteiger partial charge in [-0.25, -0.2) is 4.98 Å². The Hall–Kier alpha value is -2.40. The molecule has 0 saturated heterocycles. The van der Waals surface area contributed by atoms with Gasteiger partial charge in [0.1, 0.15) is 17.5 Å². The van der Waals surface area contributed by atoms with Crippen LogP contribution >= 0.6 is 0 Å². The Morgan fingerprint density at radius 3 is 2.80 bits per heavy atom. The molecule has 0 fully saturated rings. The van der Waals surface area contributed by atoms with Crippen molar-refractivity contribution in [2.75, 3.05) is 7.11 Å². The van der Waals surface area contributed by atoms with Gasteiger partial charge in [-0.3, -0.25) is 0 Å². The number of aromatic nitrogens is 2. The van der Waals surface area contributed by atoms with E-state index in [-0.39, 0.29) is 0 Å². The van der Waals surface area contributed by atoms with Crippen LogP contribution in [0.15, 0.2) is 47.2 Å². The summed E-state index contributed by atoms with van der Waals surface area (Å²) >= 11 is 0. The molecular formula is C15H15N3O2. The fourth-order valence-electron chi connectivity index (χ4n) is 2.07. The molecular weight excluding hydrogens is 254 g/mol. The second-order valence-corrected chi connectivity index (χ2v) is 4.43. The number of benzene rings is 1. The summed E-state index contributed by atoms with van der Waals surface area (Å²) in [7, 11) is 1.66. The minimum atomic E-state index is 0.655. The normalized spacial score (nSPS) is 10.8. The molecule has 2 aromatic heterocycles. The van der Waals surface area contributed by atoms with Gasteiger partial charge in [0.15, 0.2) is 0 Å². The van der Waals surface area contributed by atoms with E-state index >= 15 is 0 Å². The van der Waals surface area contributed by atoms with Crippen molar-refractivity contribution in [1.29, 1.82) is 0 Å². The molecule has 0 saturated carbocycles. The van der Waals surface area contributed by atoms with Crippen LogP contribution in [0.4, 0.5) is 0 Å². The topological polar surface area (TPSA) is 60.2 Å². The Morgan fingerprint density at radius 2 is 2.00 bits per heavy atom. The third-order valence-corrected chi connectivity index (χ3v) is 3.06. The molecule has 102 valence electrons. The lowest BCUT2D eigenvalue weighted by molar-refractivity contribution is 0.408. The average Bonchev–Trinajstić information content (AvgIpc) is 3.00. The minimum Gasteiger partial charge on any atom is -0.494 e. The summed E-state index contributed by atoms with van der Waals surface area (Å²) < 4.78 is 10.1. The molecule has 1 N–H and O–H groups in total. The van der Waals surface area contributed by atoms with Crippen LogP contribution in [0.3, 0.4) is 0 Å². The Morgan fingerprint density at radius 1 is 1.10 bits per heavy atom. The summed E-state index contributed by atoms with van der Waals surface area (Å²) in [6, 6.07) is 11.8. The summed E-state index contributed by atoms with van der Waals surface area (Å²) in [5.74, 6) is 0.792. The molecule has 20 heavy (non-hydrogen) atoms. The molecule has 0 spiro atoms. The van der Waals surface area contributed by atoms with Crippen LogP contribution in [-0.2, 0) is 13.1 Å². The zero-order valence-electron chi connectivity index (χ0n) is 11.2. The van der Waals surface area contributed by atoms with E-state index in [4.69, 9.17) is 9.26 Å². The van der Waals surface area contributed by atoms with E-state index < -0.39 is 0 Å². The fourth-order valence-corrected chi connectivity index (χ4v) is 2.07. The quantitative estimate of drug-likeness (QED) is 0.771. The maximum Gasteiger partial charge on any atom is 0.145 e. The van der Waals surface area contributed by atoms with E-state index in [2.05, 4.69) is 21.5 Å². The van der Waals surface area contributed by atoms with Crippen molar-refractivity contribution >= 4 is 10.9 Å². The maximum atomic E-state index is 5.34. The van der Waals surface area contributed by atoms with Crippen LogP contribution < -0.4 is 10.1 Å². The van der Waals surface area contributed by atoms with Gasteiger partial charge in [0.2, 0.25) is 0 Å². The Labute approximate surface area is 116 Å². The van der Waals surface area contributed by atoms with Crippen LogP contribution in [0.25, 0.3) is 10.9 Å². The van der Waals surface area contributed by atoms with Gasteiger partial charge in [0.25, 0.3) is 0 Å². The minimum absolute atomic E-state index is 0.655. The highest BCUT2D eigenvalue weighted by atomic mass is 16.5. The number of ether oxygens (including phenoxy) is 1. The van der Waals surface area contributed by atoms with Crippen molar-refractivity contribution in [3.63, 3.8) is 0 Å². The molecule has 0 aliphatic rings. The first-order valence-electron chi connectivity index (χ1n) is 6.39. The lowest BCUT2D eigenvalue weighted by atomic mass is 10.2. The summed E-state index contributed by atoms with van der Waals surface area (Å²) in [5.41, 5.74) is 2.73. The number of nitrogens with one attached hydrogen (secondary N) is 1. The molecule has 0 atom stereocenters. The molecule has 5 nitrogen and oxygen atoms in total. The van der Waals surface area contributed by atoms with Crippen LogP contribution in [-0.4, -0.2) is 17.3 Å². The van der Waals surface area contributed by atoms with E-state index in [1.54, 1.807) is 13.4 Å². The number of methoxy groups -OCH3 is 1. The number of nitrogens with zero attached hydrogens (tertiary/aromatic N) is 2. The van der Waals surface area contributed by atoms with Gasteiger partial charge in [-0.1, -0.05) is 23.4 Å². The smallest absolute Gasteiger partial charge is 0.145 e. The summed E-state index contributed by atoms with van der Waals surface area (Å²) in [5, 5.41) is 8.20. The molecule has 0 aliphatic heterocycles. The van der Waals surface area contributed by atoms with E-state index in [0.29, 0.717) is 13.1 Å². The van der Waals surface area contributed by atoms with Crippen molar-refractivity contribution < 1.29 is 9.26 Å². The fraction of sp³-hybridized carbons (Fsp3) is 0.200. The van der Waals surface area contributed by atoms with Crippen molar-refractivity contribution in [3.05, 3.63) is 54.0 Å². The van der Waals surface area contributed by atoms with Gasteiger partial charge in [-0.05, 0) is 12.1 Å². The number of hydrogen-bond acceptors (Lipinski definition) is 5. The maximum absolute atomic E-state index is 5.34. The average molecular weight is 269 g/mol. The monoisotopic (exact) mass is 269 g/mol. The largest absolute Gasteiger partial charge is 0.494 e. The molecule has 1 aromatic carbocycles. The second kappa shape index (κ2) is 5.71. The molecule has 0 radical (unpaired) electrons. The van der Waals surface area contributed by atoms with Crippen LogP contribution in [0, 0.1) is 0 Å². The number of rotatable bonds is 5. The molecule has 5 heteroatoms. The summed E-state index contributed by atoms with van der Waals surface area (Å²) in [6.07, 6.45) is 1.57. The predicted octanol–water partition coefficient (Wildman–Crippen LogP) is 2.52. The summed E-state index contributed by atoms with van der Waals surface area (Å²) in [4.78, 5) is 4.63. The Bertz CT molecular complexity index is 695. The van der Waals surface area contributed by atoms with Gasteiger partial charge in [-0.2, -0.15) is 0 Å². The van der Waals surface area contributed by atoms with Gasteiger partial charge < -0.3 is 14.6 Å². The SMILES string of the molecule is COc1cccc2ccc(CNCc3ccon3)nc12. The van der Waals surface area contributed by atoms with E-state index in [1.165, 1.54) is 0 Å². The van der Waals surface area contributed by atoms with Gasteiger partial charge >= 0.3 is 0 Å². The van der Waals surface area contributed by atoms with E-state index in [0.717, 1.165) is 28.0 Å². The third-order valence-electron chi connectivity index (χ3n) is 3.06. The predicted molar refractivity (Wildman–Crippen MR) is 75.3 cm³/mol. The van der Waals surface area contributed by atoms with Crippen LogP contribution in [0.5, 0.6) is 5.75 Å². The lowest BCUT2D eigenvalue weighted by Crippen LogP contribution is -2.13. The number of hydrogen-bond donors (Lipinski definition) is 1. The zero-order valence-corrected chi connectivity index (χ0v) is 11.2. The van der Waals surface area contributed by atoms with Crippen molar-refractivity contribution in [3.8, 4) is 5.75 Å². The molecule has 0 bridgehead atoms. The standard InChI is InChI=1S/C15H15N3O2/c1-19-14-4-2-3-11-5-6-12(17-15(11)14)9-16-10-13-7-8-20-18-13/h2-8,16H,9-10H2,1H3. The second-order valence-electron chi connectivity index (χ2n) is 4.43. The van der Waals surface area contributed by atoms with Gasteiger partial charge in [0.05, 0.1) is 18.5 Å². The van der Waals surface area contributed by atoms with Crippen LogP contribution in [0.1, 0.15) is 11.4 Å². The first-order chi connectivity index (χ1) is 9.86. The molecule has 0 amide bonds. The first kappa shape index (κ1) is 12.6. The van der Waals surface area contributed by atoms with E-state index in [9.17, 15) is 0 Å². The lowest BCUT2D eigenvalue weighted by Gasteiger charge is -2.07. The summed E-state index contributed by atoms with van der Waals surface area (Å²) in [6.45, 7) is 1.32. The highest BCUT2D eigenvalue weighted by Gasteiger charge is 2.04. The van der Waals surface area contributed by atoms with Crippen molar-refractivity contribution in [2.24, 2.45) is 0 Å². The van der Waals surface area contributed by atoms with Crippen molar-refractivity contribution in [2.45, 2.75) is 13.1 Å².